The fraction of sp³-hybridized carbons (Fsp3) is 0.333. The van der Waals surface area contributed by atoms with Gasteiger partial charge in [0.15, 0.2) is 5.11 Å². The van der Waals surface area contributed by atoms with Crippen LogP contribution in [0.1, 0.15) is 25.1 Å². The van der Waals surface area contributed by atoms with E-state index in [1.165, 1.54) is 5.56 Å². The van der Waals surface area contributed by atoms with E-state index in [9.17, 15) is 0 Å². The maximum Gasteiger partial charge on any atom is 0.171 e. The summed E-state index contributed by atoms with van der Waals surface area (Å²) < 4.78 is 1.90. The summed E-state index contributed by atoms with van der Waals surface area (Å²) in [7, 11) is 0. The maximum absolute atomic E-state index is 5.27. The molecular formula is C15H20N4S. The Bertz CT molecular complexity index is 560. The molecule has 4 nitrogen and oxygen atoms in total. The van der Waals surface area contributed by atoms with Crippen molar-refractivity contribution in [3.8, 4) is 0 Å². The number of rotatable bonds is 5. The van der Waals surface area contributed by atoms with Crippen LogP contribution in [-0.2, 0) is 19.5 Å². The Morgan fingerprint density at radius 3 is 2.55 bits per heavy atom. The molecule has 0 aliphatic rings. The molecule has 0 unspecified atom stereocenters. The minimum absolute atomic E-state index is 0.611. The minimum atomic E-state index is 0.611. The smallest absolute Gasteiger partial charge is 0.171 e. The first-order valence-corrected chi connectivity index (χ1v) is 7.28. The Morgan fingerprint density at radius 2 is 1.95 bits per heavy atom. The van der Waals surface area contributed by atoms with E-state index >= 15 is 0 Å². The van der Waals surface area contributed by atoms with Gasteiger partial charge in [-0.15, -0.1) is 0 Å². The molecule has 2 aromatic rings. The normalized spacial score (nSPS) is 10.3. The highest BCUT2D eigenvalue weighted by Gasteiger charge is 2.01. The zero-order chi connectivity index (χ0) is 14.4. The van der Waals surface area contributed by atoms with Crippen molar-refractivity contribution in [3.63, 3.8) is 0 Å². The van der Waals surface area contributed by atoms with Gasteiger partial charge >= 0.3 is 0 Å². The summed E-state index contributed by atoms with van der Waals surface area (Å²) in [6.07, 6.45) is 3.01. The monoisotopic (exact) mass is 288 g/mol. The number of benzene rings is 1. The molecule has 20 heavy (non-hydrogen) atoms. The SMILES string of the molecule is CCc1ccc(NC(=S)NCc2ccn(CC)n2)cc1. The van der Waals surface area contributed by atoms with Gasteiger partial charge in [-0.1, -0.05) is 19.1 Å². The van der Waals surface area contributed by atoms with Gasteiger partial charge in [0.05, 0.1) is 12.2 Å². The molecule has 0 saturated heterocycles. The summed E-state index contributed by atoms with van der Waals surface area (Å²) >= 11 is 5.27. The summed E-state index contributed by atoms with van der Waals surface area (Å²) in [6.45, 7) is 5.72. The summed E-state index contributed by atoms with van der Waals surface area (Å²) in [5.74, 6) is 0. The van der Waals surface area contributed by atoms with Crippen molar-refractivity contribution >= 4 is 23.0 Å². The zero-order valence-corrected chi connectivity index (χ0v) is 12.7. The van der Waals surface area contributed by atoms with E-state index in [4.69, 9.17) is 12.2 Å². The first-order chi connectivity index (χ1) is 9.71. The van der Waals surface area contributed by atoms with Crippen LogP contribution in [0.25, 0.3) is 0 Å². The van der Waals surface area contributed by atoms with Gasteiger partial charge in [0.2, 0.25) is 0 Å². The number of hydrogen-bond donors (Lipinski definition) is 2. The molecule has 1 heterocycles. The van der Waals surface area contributed by atoms with Gasteiger partial charge in [-0.2, -0.15) is 5.10 Å². The van der Waals surface area contributed by atoms with Gasteiger partial charge < -0.3 is 10.6 Å². The number of hydrogen-bond acceptors (Lipinski definition) is 2. The standard InChI is InChI=1S/C15H20N4S/c1-3-12-5-7-13(8-6-12)17-15(20)16-11-14-9-10-19(4-2)18-14/h5-10H,3-4,11H2,1-2H3,(H2,16,17,20). The molecule has 0 fully saturated rings. The van der Waals surface area contributed by atoms with Crippen LogP contribution >= 0.6 is 12.2 Å². The molecule has 1 aromatic heterocycles. The number of anilines is 1. The van der Waals surface area contributed by atoms with Crippen LogP contribution < -0.4 is 10.6 Å². The highest BCUT2D eigenvalue weighted by molar-refractivity contribution is 7.80. The van der Waals surface area contributed by atoms with Gasteiger partial charge in [0.1, 0.15) is 0 Å². The highest BCUT2D eigenvalue weighted by Crippen LogP contribution is 2.09. The maximum atomic E-state index is 5.27. The van der Waals surface area contributed by atoms with Crippen LogP contribution in [0, 0.1) is 0 Å². The Morgan fingerprint density at radius 1 is 1.20 bits per heavy atom. The van der Waals surface area contributed by atoms with Crippen molar-refractivity contribution in [1.29, 1.82) is 0 Å². The zero-order valence-electron chi connectivity index (χ0n) is 11.9. The molecule has 2 N–H and O–H groups in total. The first-order valence-electron chi connectivity index (χ1n) is 6.87. The van der Waals surface area contributed by atoms with Crippen LogP contribution in [0.5, 0.6) is 0 Å². The second-order valence-corrected chi connectivity index (χ2v) is 4.93. The molecule has 0 bridgehead atoms. The molecule has 2 rings (SSSR count). The molecule has 0 atom stereocenters. The summed E-state index contributed by atoms with van der Waals surface area (Å²) in [5.41, 5.74) is 3.30. The molecule has 106 valence electrons. The summed E-state index contributed by atoms with van der Waals surface area (Å²) in [6, 6.07) is 10.3. The van der Waals surface area contributed by atoms with Crippen LogP contribution in [-0.4, -0.2) is 14.9 Å². The van der Waals surface area contributed by atoms with Crippen molar-refractivity contribution < 1.29 is 0 Å². The van der Waals surface area contributed by atoms with Crippen LogP contribution in [0.4, 0.5) is 5.69 Å². The average molecular weight is 288 g/mol. The Hall–Kier alpha value is -1.88. The highest BCUT2D eigenvalue weighted by atomic mass is 32.1. The van der Waals surface area contributed by atoms with Gasteiger partial charge in [-0.05, 0) is 49.3 Å². The molecule has 5 heteroatoms. The topological polar surface area (TPSA) is 41.9 Å². The molecule has 1 aromatic carbocycles. The van der Waals surface area contributed by atoms with E-state index in [1.54, 1.807) is 0 Å². The number of aryl methyl sites for hydroxylation is 2. The quantitative estimate of drug-likeness (QED) is 0.830. The molecule has 0 aliphatic carbocycles. The third kappa shape index (κ3) is 4.06. The Balaban J connectivity index is 1.82. The lowest BCUT2D eigenvalue weighted by atomic mass is 10.1. The van der Waals surface area contributed by atoms with E-state index in [-0.39, 0.29) is 0 Å². The number of thiocarbonyl (C=S) groups is 1. The van der Waals surface area contributed by atoms with E-state index in [1.807, 2.05) is 29.1 Å². The Labute approximate surface area is 125 Å². The van der Waals surface area contributed by atoms with Crippen LogP contribution in [0.15, 0.2) is 36.5 Å². The lowest BCUT2D eigenvalue weighted by molar-refractivity contribution is 0.643. The lowest BCUT2D eigenvalue weighted by Gasteiger charge is -2.10. The third-order valence-electron chi connectivity index (χ3n) is 3.07. The summed E-state index contributed by atoms with van der Waals surface area (Å²) in [4.78, 5) is 0. The van der Waals surface area contributed by atoms with E-state index in [0.717, 1.165) is 24.3 Å². The molecule has 0 saturated carbocycles. The van der Waals surface area contributed by atoms with Crippen molar-refractivity contribution in [1.82, 2.24) is 15.1 Å². The van der Waals surface area contributed by atoms with Gasteiger partial charge in [-0.25, -0.2) is 0 Å². The fourth-order valence-corrected chi connectivity index (χ4v) is 2.03. The lowest BCUT2D eigenvalue weighted by Crippen LogP contribution is -2.28. The summed E-state index contributed by atoms with van der Waals surface area (Å²) in [5, 5.41) is 11.3. The Kier molecular flexibility index (Phi) is 5.12. The molecule has 0 radical (unpaired) electrons. The van der Waals surface area contributed by atoms with Gasteiger partial charge in [0.25, 0.3) is 0 Å². The van der Waals surface area contributed by atoms with Crippen molar-refractivity contribution in [2.24, 2.45) is 0 Å². The van der Waals surface area contributed by atoms with Crippen molar-refractivity contribution in [3.05, 3.63) is 47.8 Å². The van der Waals surface area contributed by atoms with Gasteiger partial charge in [-0.3, -0.25) is 4.68 Å². The minimum Gasteiger partial charge on any atom is -0.357 e. The van der Waals surface area contributed by atoms with Crippen molar-refractivity contribution in [2.45, 2.75) is 33.4 Å². The molecule has 0 aliphatic heterocycles. The number of nitrogens with zero attached hydrogens (tertiary/aromatic N) is 2. The number of nitrogens with one attached hydrogen (secondary N) is 2. The first kappa shape index (κ1) is 14.5. The van der Waals surface area contributed by atoms with Crippen LogP contribution in [0.2, 0.25) is 0 Å². The molecule has 0 spiro atoms. The van der Waals surface area contributed by atoms with E-state index in [2.05, 4.69) is 41.7 Å². The number of aromatic nitrogens is 2. The fourth-order valence-electron chi connectivity index (χ4n) is 1.84. The van der Waals surface area contributed by atoms with Gasteiger partial charge in [0, 0.05) is 18.4 Å². The predicted molar refractivity (Wildman–Crippen MR) is 86.8 cm³/mol. The largest absolute Gasteiger partial charge is 0.357 e. The predicted octanol–water partition coefficient (Wildman–Crippen LogP) is 2.95. The van der Waals surface area contributed by atoms with E-state index < -0.39 is 0 Å². The second-order valence-electron chi connectivity index (χ2n) is 4.52. The second kappa shape index (κ2) is 7.05. The third-order valence-corrected chi connectivity index (χ3v) is 3.32. The molecular weight excluding hydrogens is 268 g/mol. The van der Waals surface area contributed by atoms with Crippen molar-refractivity contribution in [2.75, 3.05) is 5.32 Å². The van der Waals surface area contributed by atoms with Crippen LogP contribution in [0.3, 0.4) is 0 Å². The van der Waals surface area contributed by atoms with E-state index in [0.29, 0.717) is 11.7 Å². The average Bonchev–Trinajstić information content (AvgIpc) is 2.94. The molecule has 0 amide bonds.